The van der Waals surface area contributed by atoms with E-state index in [4.69, 9.17) is 5.73 Å². The summed E-state index contributed by atoms with van der Waals surface area (Å²) in [4.78, 5) is 1.85. The molecule has 1 aliphatic carbocycles. The number of halogens is 4. The Morgan fingerprint density at radius 2 is 2.00 bits per heavy atom. The molecule has 1 fully saturated rings. The van der Waals surface area contributed by atoms with Gasteiger partial charge >= 0.3 is 6.18 Å². The monoisotopic (exact) mass is 304 g/mol. The van der Waals surface area contributed by atoms with E-state index in [0.717, 1.165) is 25.3 Å². The first-order valence-corrected chi connectivity index (χ1v) is 7.22. The highest BCUT2D eigenvalue weighted by Crippen LogP contribution is 2.36. The maximum absolute atomic E-state index is 14.1. The summed E-state index contributed by atoms with van der Waals surface area (Å²) in [6.07, 6.45) is -1.62. The van der Waals surface area contributed by atoms with Crippen molar-refractivity contribution < 1.29 is 17.6 Å². The zero-order valence-electron chi connectivity index (χ0n) is 12.0. The molecule has 0 heterocycles. The zero-order valence-corrected chi connectivity index (χ0v) is 12.0. The minimum Gasteiger partial charge on any atom is -0.366 e. The van der Waals surface area contributed by atoms with E-state index in [9.17, 15) is 17.6 Å². The lowest BCUT2D eigenvalue weighted by Gasteiger charge is -2.34. The molecule has 2 unspecified atom stereocenters. The summed E-state index contributed by atoms with van der Waals surface area (Å²) >= 11 is 0. The van der Waals surface area contributed by atoms with Gasteiger partial charge in [-0.1, -0.05) is 6.42 Å². The molecular formula is C15H20F4N2. The third kappa shape index (κ3) is 3.31. The molecule has 0 aliphatic heterocycles. The number of alkyl halides is 3. The fourth-order valence-corrected chi connectivity index (χ4v) is 3.20. The van der Waals surface area contributed by atoms with Gasteiger partial charge in [0.15, 0.2) is 0 Å². The summed E-state index contributed by atoms with van der Waals surface area (Å²) in [7, 11) is 0. The van der Waals surface area contributed by atoms with Crippen LogP contribution in [0.5, 0.6) is 0 Å². The minimum absolute atomic E-state index is 0.103. The van der Waals surface area contributed by atoms with Crippen LogP contribution in [0.4, 0.5) is 23.2 Å². The van der Waals surface area contributed by atoms with Crippen molar-refractivity contribution >= 4 is 5.69 Å². The van der Waals surface area contributed by atoms with E-state index in [1.165, 1.54) is 6.07 Å². The van der Waals surface area contributed by atoms with Crippen molar-refractivity contribution in [2.24, 2.45) is 11.7 Å². The van der Waals surface area contributed by atoms with Crippen molar-refractivity contribution in [1.82, 2.24) is 0 Å². The SMILES string of the molecule is CCN(c1ccc(C(F)(F)F)cc1F)C1CCCC1CN. The van der Waals surface area contributed by atoms with Crippen LogP contribution >= 0.6 is 0 Å². The highest BCUT2D eigenvalue weighted by atomic mass is 19.4. The lowest BCUT2D eigenvalue weighted by molar-refractivity contribution is -0.137. The molecule has 0 bridgehead atoms. The van der Waals surface area contributed by atoms with Gasteiger partial charge in [-0.25, -0.2) is 4.39 Å². The molecule has 2 atom stereocenters. The molecule has 1 aromatic carbocycles. The molecule has 2 nitrogen and oxygen atoms in total. The Bertz CT molecular complexity index is 487. The van der Waals surface area contributed by atoms with Gasteiger partial charge in [-0.05, 0) is 50.4 Å². The number of hydrogen-bond acceptors (Lipinski definition) is 2. The van der Waals surface area contributed by atoms with E-state index < -0.39 is 17.6 Å². The van der Waals surface area contributed by atoms with Gasteiger partial charge in [0.05, 0.1) is 11.3 Å². The van der Waals surface area contributed by atoms with Crippen LogP contribution in [0.1, 0.15) is 31.7 Å². The second-order valence-corrected chi connectivity index (χ2v) is 5.44. The number of anilines is 1. The summed E-state index contributed by atoms with van der Waals surface area (Å²) in [6.45, 7) is 2.94. The molecule has 1 aromatic rings. The molecule has 1 aliphatic rings. The van der Waals surface area contributed by atoms with E-state index in [1.54, 1.807) is 0 Å². The van der Waals surface area contributed by atoms with Gasteiger partial charge in [-0.2, -0.15) is 13.2 Å². The average Bonchev–Trinajstić information content (AvgIpc) is 2.88. The van der Waals surface area contributed by atoms with E-state index in [1.807, 2.05) is 11.8 Å². The zero-order chi connectivity index (χ0) is 15.6. The second-order valence-electron chi connectivity index (χ2n) is 5.44. The van der Waals surface area contributed by atoms with E-state index in [2.05, 4.69) is 0 Å². The molecule has 0 spiro atoms. The molecule has 0 aromatic heterocycles. The molecule has 1 saturated carbocycles. The van der Waals surface area contributed by atoms with Crippen LogP contribution in [0.2, 0.25) is 0 Å². The topological polar surface area (TPSA) is 29.3 Å². The van der Waals surface area contributed by atoms with Crippen molar-refractivity contribution in [3.63, 3.8) is 0 Å². The van der Waals surface area contributed by atoms with Crippen LogP contribution in [-0.2, 0) is 6.18 Å². The maximum Gasteiger partial charge on any atom is 0.416 e. The first kappa shape index (κ1) is 16.1. The summed E-state index contributed by atoms with van der Waals surface area (Å²) < 4.78 is 51.9. The van der Waals surface area contributed by atoms with Crippen molar-refractivity contribution in [3.8, 4) is 0 Å². The van der Waals surface area contributed by atoms with Gasteiger partial charge in [0.1, 0.15) is 5.82 Å². The lowest BCUT2D eigenvalue weighted by Crippen LogP contribution is -2.40. The first-order valence-electron chi connectivity index (χ1n) is 7.22. The highest BCUT2D eigenvalue weighted by Gasteiger charge is 2.34. The predicted molar refractivity (Wildman–Crippen MR) is 74.6 cm³/mol. The Kier molecular flexibility index (Phi) is 4.76. The Morgan fingerprint density at radius 1 is 1.29 bits per heavy atom. The van der Waals surface area contributed by atoms with Crippen molar-refractivity contribution in [3.05, 3.63) is 29.6 Å². The second kappa shape index (κ2) is 6.22. The van der Waals surface area contributed by atoms with Gasteiger partial charge in [-0.15, -0.1) is 0 Å². The van der Waals surface area contributed by atoms with Crippen LogP contribution < -0.4 is 10.6 Å². The molecule has 6 heteroatoms. The molecule has 2 N–H and O–H groups in total. The number of hydrogen-bond donors (Lipinski definition) is 1. The average molecular weight is 304 g/mol. The van der Waals surface area contributed by atoms with Gasteiger partial charge in [0, 0.05) is 12.6 Å². The van der Waals surface area contributed by atoms with Gasteiger partial charge in [-0.3, -0.25) is 0 Å². The molecule has 2 rings (SSSR count). The summed E-state index contributed by atoms with van der Waals surface area (Å²) in [5, 5.41) is 0. The fraction of sp³-hybridized carbons (Fsp3) is 0.600. The molecule has 0 amide bonds. The Labute approximate surface area is 121 Å². The van der Waals surface area contributed by atoms with Crippen LogP contribution in [0.25, 0.3) is 0 Å². The number of nitrogens with two attached hydrogens (primary N) is 1. The van der Waals surface area contributed by atoms with Gasteiger partial charge in [0.2, 0.25) is 0 Å². The standard InChI is InChI=1S/C15H20F4N2/c1-2-21(13-5-3-4-10(13)9-20)14-7-6-11(8-12(14)16)15(17,18)19/h6-8,10,13H,2-5,9,20H2,1H3. The lowest BCUT2D eigenvalue weighted by atomic mass is 10.0. The van der Waals surface area contributed by atoms with Crippen molar-refractivity contribution in [2.75, 3.05) is 18.0 Å². The highest BCUT2D eigenvalue weighted by molar-refractivity contribution is 5.51. The van der Waals surface area contributed by atoms with Crippen LogP contribution in [-0.4, -0.2) is 19.1 Å². The first-order chi connectivity index (χ1) is 9.88. The quantitative estimate of drug-likeness (QED) is 0.857. The fourth-order valence-electron chi connectivity index (χ4n) is 3.20. The summed E-state index contributed by atoms with van der Waals surface area (Å²) in [5.74, 6) is -0.555. The Morgan fingerprint density at radius 3 is 2.52 bits per heavy atom. The third-order valence-corrected chi connectivity index (χ3v) is 4.25. The molecule has 21 heavy (non-hydrogen) atoms. The van der Waals surface area contributed by atoms with Crippen LogP contribution in [0.3, 0.4) is 0 Å². The van der Waals surface area contributed by atoms with E-state index in [-0.39, 0.29) is 17.6 Å². The summed E-state index contributed by atoms with van der Waals surface area (Å²) in [6, 6.07) is 2.84. The molecular weight excluding hydrogens is 284 g/mol. The smallest absolute Gasteiger partial charge is 0.366 e. The van der Waals surface area contributed by atoms with E-state index >= 15 is 0 Å². The number of nitrogens with zero attached hydrogens (tertiary/aromatic N) is 1. The maximum atomic E-state index is 14.1. The normalized spacial score (nSPS) is 22.6. The van der Waals surface area contributed by atoms with Crippen LogP contribution in [0, 0.1) is 11.7 Å². The van der Waals surface area contributed by atoms with Gasteiger partial charge in [0.25, 0.3) is 0 Å². The Hall–Kier alpha value is -1.30. The molecule has 0 radical (unpaired) electrons. The van der Waals surface area contributed by atoms with Crippen LogP contribution in [0.15, 0.2) is 18.2 Å². The number of rotatable bonds is 4. The predicted octanol–water partition coefficient (Wildman–Crippen LogP) is 3.80. The largest absolute Gasteiger partial charge is 0.416 e. The van der Waals surface area contributed by atoms with E-state index in [0.29, 0.717) is 19.2 Å². The van der Waals surface area contributed by atoms with Crippen molar-refractivity contribution in [1.29, 1.82) is 0 Å². The molecule has 118 valence electrons. The van der Waals surface area contributed by atoms with Crippen molar-refractivity contribution in [2.45, 2.75) is 38.4 Å². The third-order valence-electron chi connectivity index (χ3n) is 4.25. The number of benzene rings is 1. The van der Waals surface area contributed by atoms with Gasteiger partial charge < -0.3 is 10.6 Å². The Balaban J connectivity index is 2.30. The summed E-state index contributed by atoms with van der Waals surface area (Å²) in [5.41, 5.74) is 5.02. The molecule has 0 saturated heterocycles. The minimum atomic E-state index is -4.52.